The molecule has 18 heavy (non-hydrogen) atoms. The molecule has 1 aromatic rings. The fourth-order valence-corrected chi connectivity index (χ4v) is 2.63. The van der Waals surface area contributed by atoms with Crippen molar-refractivity contribution in [1.29, 1.82) is 0 Å². The molecule has 1 saturated carbocycles. The van der Waals surface area contributed by atoms with Crippen LogP contribution in [0.25, 0.3) is 0 Å². The van der Waals surface area contributed by atoms with E-state index in [0.29, 0.717) is 11.6 Å². The van der Waals surface area contributed by atoms with Gasteiger partial charge in [0.05, 0.1) is 12.4 Å². The molecule has 0 aliphatic heterocycles. The van der Waals surface area contributed by atoms with Gasteiger partial charge in [-0.15, -0.1) is 0 Å². The summed E-state index contributed by atoms with van der Waals surface area (Å²) < 4.78 is 0. The van der Waals surface area contributed by atoms with E-state index in [1.807, 2.05) is 7.05 Å². The highest BCUT2D eigenvalue weighted by atomic mass is 35.5. The minimum atomic E-state index is -0.101. The van der Waals surface area contributed by atoms with Crippen LogP contribution in [0, 0.1) is 5.92 Å². The third-order valence-electron chi connectivity index (χ3n) is 3.43. The van der Waals surface area contributed by atoms with Crippen LogP contribution in [0.2, 0.25) is 5.15 Å². The highest BCUT2D eigenvalue weighted by Crippen LogP contribution is 2.24. The molecular weight excluding hydrogens is 250 g/mol. The molecule has 0 bridgehead atoms. The Hall–Kier alpha value is -1.16. The van der Waals surface area contributed by atoms with E-state index in [4.69, 9.17) is 11.6 Å². The summed E-state index contributed by atoms with van der Waals surface area (Å²) in [5, 5.41) is 0.256. The molecule has 1 heterocycles. The van der Waals surface area contributed by atoms with Crippen molar-refractivity contribution in [1.82, 2.24) is 14.9 Å². The van der Waals surface area contributed by atoms with Gasteiger partial charge in [-0.05, 0) is 18.8 Å². The molecule has 1 aromatic heterocycles. The van der Waals surface area contributed by atoms with Crippen LogP contribution in [0.1, 0.15) is 42.6 Å². The van der Waals surface area contributed by atoms with Crippen molar-refractivity contribution in [2.75, 3.05) is 13.6 Å². The molecule has 98 valence electrons. The second-order valence-electron chi connectivity index (χ2n) is 4.92. The van der Waals surface area contributed by atoms with Crippen LogP contribution in [0.3, 0.4) is 0 Å². The highest BCUT2D eigenvalue weighted by molar-refractivity contribution is 6.29. The standard InChI is InChI=1S/C13H18ClN3O/c1-17(9-10-5-3-2-4-6-10)13(18)11-7-15-8-12(14)16-11/h7-8,10H,2-6,9H2,1H3. The average Bonchev–Trinajstić information content (AvgIpc) is 2.39. The van der Waals surface area contributed by atoms with Gasteiger partial charge in [0, 0.05) is 13.6 Å². The van der Waals surface area contributed by atoms with Crippen molar-refractivity contribution in [3.63, 3.8) is 0 Å². The van der Waals surface area contributed by atoms with Gasteiger partial charge in [0.1, 0.15) is 10.8 Å². The molecule has 0 saturated heterocycles. The van der Waals surface area contributed by atoms with E-state index in [1.54, 1.807) is 4.90 Å². The summed E-state index contributed by atoms with van der Waals surface area (Å²) in [6.07, 6.45) is 9.23. The van der Waals surface area contributed by atoms with E-state index in [0.717, 1.165) is 6.54 Å². The maximum atomic E-state index is 12.1. The zero-order valence-corrected chi connectivity index (χ0v) is 11.4. The largest absolute Gasteiger partial charge is 0.340 e. The molecule has 0 unspecified atom stereocenters. The van der Waals surface area contributed by atoms with Gasteiger partial charge >= 0.3 is 0 Å². The Bertz CT molecular complexity index is 418. The molecule has 0 N–H and O–H groups in total. The van der Waals surface area contributed by atoms with Crippen LogP contribution in [-0.2, 0) is 0 Å². The molecule has 1 fully saturated rings. The number of amides is 1. The van der Waals surface area contributed by atoms with Gasteiger partial charge in [-0.1, -0.05) is 30.9 Å². The molecule has 0 atom stereocenters. The third-order valence-corrected chi connectivity index (χ3v) is 3.61. The molecule has 1 aliphatic rings. The first-order chi connectivity index (χ1) is 8.66. The molecule has 0 spiro atoms. The fourth-order valence-electron chi connectivity index (χ4n) is 2.48. The monoisotopic (exact) mass is 267 g/mol. The van der Waals surface area contributed by atoms with E-state index in [1.165, 1.54) is 44.5 Å². The number of nitrogens with zero attached hydrogens (tertiary/aromatic N) is 3. The Balaban J connectivity index is 1.95. The van der Waals surface area contributed by atoms with Crippen molar-refractivity contribution in [3.05, 3.63) is 23.2 Å². The summed E-state index contributed by atoms with van der Waals surface area (Å²) in [6.45, 7) is 0.799. The minimum absolute atomic E-state index is 0.101. The van der Waals surface area contributed by atoms with Gasteiger partial charge in [-0.2, -0.15) is 0 Å². The molecule has 0 aromatic carbocycles. The maximum Gasteiger partial charge on any atom is 0.273 e. The van der Waals surface area contributed by atoms with E-state index >= 15 is 0 Å². The van der Waals surface area contributed by atoms with E-state index in [2.05, 4.69) is 9.97 Å². The minimum Gasteiger partial charge on any atom is -0.340 e. The summed E-state index contributed by atoms with van der Waals surface area (Å²) in [4.78, 5) is 21.8. The molecule has 2 rings (SSSR count). The predicted octanol–water partition coefficient (Wildman–Crippen LogP) is 2.78. The van der Waals surface area contributed by atoms with Gasteiger partial charge in [-0.25, -0.2) is 4.98 Å². The van der Waals surface area contributed by atoms with Gasteiger partial charge in [0.15, 0.2) is 0 Å². The van der Waals surface area contributed by atoms with Crippen LogP contribution in [0.5, 0.6) is 0 Å². The van der Waals surface area contributed by atoms with Gasteiger partial charge in [0.2, 0.25) is 0 Å². The van der Waals surface area contributed by atoms with Gasteiger partial charge in [0.25, 0.3) is 5.91 Å². The van der Waals surface area contributed by atoms with Gasteiger partial charge in [-0.3, -0.25) is 9.78 Å². The first kappa shape index (κ1) is 13.3. The van der Waals surface area contributed by atoms with Crippen molar-refractivity contribution in [3.8, 4) is 0 Å². The predicted molar refractivity (Wildman–Crippen MR) is 70.6 cm³/mol. The Morgan fingerprint density at radius 1 is 1.39 bits per heavy atom. The van der Waals surface area contributed by atoms with Crippen molar-refractivity contribution in [2.24, 2.45) is 5.92 Å². The second kappa shape index (κ2) is 6.14. The lowest BCUT2D eigenvalue weighted by molar-refractivity contribution is 0.0754. The van der Waals surface area contributed by atoms with Gasteiger partial charge < -0.3 is 4.90 Å². The normalized spacial score (nSPS) is 16.6. The van der Waals surface area contributed by atoms with Crippen molar-refractivity contribution < 1.29 is 4.79 Å². The summed E-state index contributed by atoms with van der Waals surface area (Å²) >= 11 is 5.74. The van der Waals surface area contributed by atoms with Crippen molar-refractivity contribution >= 4 is 17.5 Å². The second-order valence-corrected chi connectivity index (χ2v) is 5.30. The molecule has 1 amide bonds. The van der Waals surface area contributed by atoms with Crippen LogP contribution in [-0.4, -0.2) is 34.4 Å². The molecule has 1 aliphatic carbocycles. The highest BCUT2D eigenvalue weighted by Gasteiger charge is 2.20. The smallest absolute Gasteiger partial charge is 0.273 e. The summed E-state index contributed by atoms with van der Waals surface area (Å²) in [6, 6.07) is 0. The van der Waals surface area contributed by atoms with Crippen LogP contribution in [0.4, 0.5) is 0 Å². The van der Waals surface area contributed by atoms with Crippen molar-refractivity contribution in [2.45, 2.75) is 32.1 Å². The summed E-state index contributed by atoms with van der Waals surface area (Å²) in [7, 11) is 1.82. The van der Waals surface area contributed by atoms with Crippen LogP contribution >= 0.6 is 11.6 Å². The third kappa shape index (κ3) is 3.42. The van der Waals surface area contributed by atoms with E-state index < -0.39 is 0 Å². The summed E-state index contributed by atoms with van der Waals surface area (Å²) in [5.41, 5.74) is 0.320. The molecule has 0 radical (unpaired) electrons. The first-order valence-corrected chi connectivity index (χ1v) is 6.77. The number of carbonyl (C=O) groups is 1. The first-order valence-electron chi connectivity index (χ1n) is 6.40. The lowest BCUT2D eigenvalue weighted by Gasteiger charge is -2.26. The summed E-state index contributed by atoms with van der Waals surface area (Å²) in [5.74, 6) is 0.524. The molecular formula is C13H18ClN3O. The Kier molecular flexibility index (Phi) is 4.53. The van der Waals surface area contributed by atoms with E-state index in [9.17, 15) is 4.79 Å². The zero-order chi connectivity index (χ0) is 13.0. The quantitative estimate of drug-likeness (QED) is 0.846. The number of hydrogen-bond acceptors (Lipinski definition) is 3. The fraction of sp³-hybridized carbons (Fsp3) is 0.615. The van der Waals surface area contributed by atoms with Crippen LogP contribution in [0.15, 0.2) is 12.4 Å². The molecule has 5 heteroatoms. The zero-order valence-electron chi connectivity index (χ0n) is 10.6. The Labute approximate surface area is 112 Å². The lowest BCUT2D eigenvalue weighted by atomic mass is 9.89. The topological polar surface area (TPSA) is 46.1 Å². The Morgan fingerprint density at radius 2 is 2.11 bits per heavy atom. The average molecular weight is 268 g/mol. The number of halogens is 1. The van der Waals surface area contributed by atoms with E-state index in [-0.39, 0.29) is 11.1 Å². The maximum absolute atomic E-state index is 12.1. The number of rotatable bonds is 3. The number of carbonyl (C=O) groups excluding carboxylic acids is 1. The SMILES string of the molecule is CN(CC1CCCCC1)C(=O)c1cncc(Cl)n1. The number of hydrogen-bond donors (Lipinski definition) is 0. The Morgan fingerprint density at radius 3 is 2.78 bits per heavy atom. The van der Waals surface area contributed by atoms with Crippen LogP contribution < -0.4 is 0 Å². The number of aromatic nitrogens is 2. The lowest BCUT2D eigenvalue weighted by Crippen LogP contribution is -2.33. The molecule has 4 nitrogen and oxygen atoms in total.